The fourth-order valence-electron chi connectivity index (χ4n) is 1.05. The van der Waals surface area contributed by atoms with Crippen molar-refractivity contribution < 1.29 is 4.92 Å². The van der Waals surface area contributed by atoms with Crippen molar-refractivity contribution in [2.75, 3.05) is 0 Å². The Morgan fingerprint density at radius 2 is 2.23 bits per heavy atom. The maximum atomic E-state index is 10.6. The lowest BCUT2D eigenvalue weighted by Gasteiger charge is -2.02. The third-order valence-corrected chi connectivity index (χ3v) is 2.54. The van der Waals surface area contributed by atoms with Crippen molar-refractivity contribution in [2.24, 2.45) is 0 Å². The first-order valence-corrected chi connectivity index (χ1v) is 5.05. The topological polar surface area (TPSA) is 43.1 Å². The Morgan fingerprint density at radius 3 is 2.69 bits per heavy atom. The van der Waals surface area contributed by atoms with Gasteiger partial charge < -0.3 is 0 Å². The third-order valence-electron chi connectivity index (χ3n) is 1.65. The van der Waals surface area contributed by atoms with Crippen LogP contribution in [0.4, 0.5) is 5.69 Å². The minimum absolute atomic E-state index is 0.0712. The molecule has 0 radical (unpaired) electrons. The standard InChI is InChI=1S/C8H7BrClNO2/c1-5-2-7(10)6(4-9)8(3-5)11(12)13/h2-3H,4H2,1H3. The van der Waals surface area contributed by atoms with Crippen molar-refractivity contribution >= 4 is 33.2 Å². The van der Waals surface area contributed by atoms with E-state index in [1.807, 2.05) is 0 Å². The fourth-order valence-corrected chi connectivity index (χ4v) is 2.14. The molecule has 0 saturated heterocycles. The molecule has 13 heavy (non-hydrogen) atoms. The van der Waals surface area contributed by atoms with Crippen LogP contribution in [0.15, 0.2) is 12.1 Å². The second-order valence-corrected chi connectivity index (χ2v) is 3.60. The highest BCUT2D eigenvalue weighted by molar-refractivity contribution is 9.08. The quantitative estimate of drug-likeness (QED) is 0.466. The Morgan fingerprint density at radius 1 is 1.62 bits per heavy atom. The van der Waals surface area contributed by atoms with Gasteiger partial charge in [-0.2, -0.15) is 0 Å². The zero-order valence-electron chi connectivity index (χ0n) is 6.88. The highest BCUT2D eigenvalue weighted by Crippen LogP contribution is 2.29. The average molecular weight is 265 g/mol. The molecule has 0 bridgehead atoms. The first kappa shape index (κ1) is 10.5. The molecule has 0 unspecified atom stereocenters. The van der Waals surface area contributed by atoms with Crippen LogP contribution in [0.2, 0.25) is 5.02 Å². The summed E-state index contributed by atoms with van der Waals surface area (Å²) in [5, 5.41) is 11.4. The number of halogens is 2. The first-order valence-electron chi connectivity index (χ1n) is 3.55. The second-order valence-electron chi connectivity index (χ2n) is 2.64. The van der Waals surface area contributed by atoms with Crippen LogP contribution in [0.3, 0.4) is 0 Å². The Labute approximate surface area is 89.0 Å². The number of benzene rings is 1. The van der Waals surface area contributed by atoms with Crippen molar-refractivity contribution in [3.63, 3.8) is 0 Å². The van der Waals surface area contributed by atoms with Crippen molar-refractivity contribution in [3.05, 3.63) is 38.4 Å². The summed E-state index contributed by atoms with van der Waals surface area (Å²) in [6, 6.07) is 3.23. The lowest BCUT2D eigenvalue weighted by atomic mass is 10.1. The van der Waals surface area contributed by atoms with E-state index in [0.717, 1.165) is 5.56 Å². The molecule has 0 spiro atoms. The van der Waals surface area contributed by atoms with Gasteiger partial charge in [0.2, 0.25) is 0 Å². The second kappa shape index (κ2) is 4.07. The molecule has 0 saturated carbocycles. The molecular formula is C8H7BrClNO2. The van der Waals surface area contributed by atoms with Gasteiger partial charge in [-0.25, -0.2) is 0 Å². The molecule has 1 rings (SSSR count). The van der Waals surface area contributed by atoms with Gasteiger partial charge in [0, 0.05) is 11.4 Å². The predicted octanol–water partition coefficient (Wildman–Crippen LogP) is 3.45. The monoisotopic (exact) mass is 263 g/mol. The number of alkyl halides is 1. The fraction of sp³-hybridized carbons (Fsp3) is 0.250. The number of aryl methyl sites for hydroxylation is 1. The zero-order valence-corrected chi connectivity index (χ0v) is 9.22. The van der Waals surface area contributed by atoms with E-state index in [-0.39, 0.29) is 5.69 Å². The van der Waals surface area contributed by atoms with Gasteiger partial charge in [-0.15, -0.1) is 0 Å². The Hall–Kier alpha value is -0.610. The molecule has 0 aliphatic carbocycles. The molecule has 0 aromatic heterocycles. The van der Waals surface area contributed by atoms with Crippen molar-refractivity contribution in [1.29, 1.82) is 0 Å². The summed E-state index contributed by atoms with van der Waals surface area (Å²) in [5.74, 6) is 0. The largest absolute Gasteiger partial charge is 0.275 e. The number of hydrogen-bond donors (Lipinski definition) is 0. The van der Waals surface area contributed by atoms with Crippen molar-refractivity contribution in [1.82, 2.24) is 0 Å². The SMILES string of the molecule is Cc1cc(Cl)c(CBr)c([N+](=O)[O-])c1. The maximum Gasteiger partial charge on any atom is 0.275 e. The summed E-state index contributed by atoms with van der Waals surface area (Å²) in [5.41, 5.74) is 1.39. The smallest absolute Gasteiger partial charge is 0.258 e. The van der Waals surface area contributed by atoms with E-state index in [1.165, 1.54) is 6.07 Å². The number of rotatable bonds is 2. The van der Waals surface area contributed by atoms with E-state index in [0.29, 0.717) is 15.9 Å². The van der Waals surface area contributed by atoms with Gasteiger partial charge in [-0.05, 0) is 18.6 Å². The predicted molar refractivity (Wildman–Crippen MR) is 55.5 cm³/mol. The van der Waals surface area contributed by atoms with E-state index >= 15 is 0 Å². The molecule has 0 N–H and O–H groups in total. The van der Waals surface area contributed by atoms with Crippen molar-refractivity contribution in [3.8, 4) is 0 Å². The van der Waals surface area contributed by atoms with E-state index in [9.17, 15) is 10.1 Å². The molecule has 1 aromatic rings. The van der Waals surface area contributed by atoms with Crippen LogP contribution in [0.1, 0.15) is 11.1 Å². The minimum atomic E-state index is -0.421. The Kier molecular flexibility index (Phi) is 3.27. The molecule has 0 aliphatic heterocycles. The number of nitro benzene ring substituents is 1. The molecule has 70 valence electrons. The zero-order chi connectivity index (χ0) is 10.0. The van der Waals surface area contributed by atoms with E-state index in [2.05, 4.69) is 15.9 Å². The summed E-state index contributed by atoms with van der Waals surface area (Å²) < 4.78 is 0. The van der Waals surface area contributed by atoms with Gasteiger partial charge in [0.05, 0.1) is 15.5 Å². The van der Waals surface area contributed by atoms with E-state index < -0.39 is 4.92 Å². The first-order chi connectivity index (χ1) is 6.06. The van der Waals surface area contributed by atoms with Crippen LogP contribution in [0.25, 0.3) is 0 Å². The van der Waals surface area contributed by atoms with Gasteiger partial charge in [-0.3, -0.25) is 10.1 Å². The summed E-state index contributed by atoms with van der Waals surface area (Å²) in [4.78, 5) is 10.2. The highest BCUT2D eigenvalue weighted by Gasteiger charge is 2.16. The van der Waals surface area contributed by atoms with Gasteiger partial charge in [0.15, 0.2) is 0 Å². The average Bonchev–Trinajstić information content (AvgIpc) is 2.02. The molecule has 0 fully saturated rings. The summed E-state index contributed by atoms with van der Waals surface area (Å²) in [7, 11) is 0. The molecule has 5 heteroatoms. The van der Waals surface area contributed by atoms with Gasteiger partial charge >= 0.3 is 0 Å². The lowest BCUT2D eigenvalue weighted by molar-refractivity contribution is -0.385. The number of nitro groups is 1. The van der Waals surface area contributed by atoms with Crippen LogP contribution in [-0.2, 0) is 5.33 Å². The molecule has 0 atom stereocenters. The lowest BCUT2D eigenvalue weighted by Crippen LogP contribution is -1.95. The molecule has 0 amide bonds. The number of nitrogens with zero attached hydrogens (tertiary/aromatic N) is 1. The van der Waals surface area contributed by atoms with Crippen LogP contribution in [-0.4, -0.2) is 4.92 Å². The number of hydrogen-bond acceptors (Lipinski definition) is 2. The van der Waals surface area contributed by atoms with Crippen LogP contribution in [0, 0.1) is 17.0 Å². The Bertz CT molecular complexity index is 354. The van der Waals surface area contributed by atoms with Crippen LogP contribution in [0.5, 0.6) is 0 Å². The molecular weight excluding hydrogens is 257 g/mol. The third kappa shape index (κ3) is 2.19. The highest BCUT2D eigenvalue weighted by atomic mass is 79.9. The molecule has 0 heterocycles. The Balaban J connectivity index is 3.38. The molecule has 1 aromatic carbocycles. The summed E-state index contributed by atoms with van der Waals surface area (Å²) in [6.45, 7) is 1.77. The van der Waals surface area contributed by atoms with Gasteiger partial charge in [0.1, 0.15) is 0 Å². The maximum absolute atomic E-state index is 10.6. The molecule has 0 aliphatic rings. The van der Waals surface area contributed by atoms with Gasteiger partial charge in [-0.1, -0.05) is 27.5 Å². The summed E-state index contributed by atoms with van der Waals surface area (Å²) >= 11 is 9.01. The normalized spacial score (nSPS) is 10.1. The van der Waals surface area contributed by atoms with Gasteiger partial charge in [0.25, 0.3) is 5.69 Å². The minimum Gasteiger partial charge on any atom is -0.258 e. The van der Waals surface area contributed by atoms with Crippen LogP contribution >= 0.6 is 27.5 Å². The molecule has 3 nitrogen and oxygen atoms in total. The van der Waals surface area contributed by atoms with Crippen LogP contribution < -0.4 is 0 Å². The van der Waals surface area contributed by atoms with Crippen molar-refractivity contribution in [2.45, 2.75) is 12.3 Å². The van der Waals surface area contributed by atoms with E-state index in [1.54, 1.807) is 13.0 Å². The van der Waals surface area contributed by atoms with E-state index in [4.69, 9.17) is 11.6 Å². The summed E-state index contributed by atoms with van der Waals surface area (Å²) in [6.07, 6.45) is 0.